The molecule has 2 heteroatoms. The normalized spacial score (nSPS) is 21.2. The summed E-state index contributed by atoms with van der Waals surface area (Å²) in [6, 6.07) is 0.812. The van der Waals surface area contributed by atoms with Gasteiger partial charge in [0.1, 0.15) is 0 Å². The summed E-state index contributed by atoms with van der Waals surface area (Å²) in [5.41, 5.74) is 0. The quantitative estimate of drug-likeness (QED) is 0.653. The van der Waals surface area contributed by atoms with Crippen LogP contribution in [0.5, 0.6) is 0 Å². The number of nitrogens with zero attached hydrogens (tertiary/aromatic N) is 2. The Labute approximate surface area is 82.9 Å². The molecule has 0 bridgehead atoms. The minimum absolute atomic E-state index is 0.812. The van der Waals surface area contributed by atoms with Crippen LogP contribution in [0, 0.1) is 6.92 Å². The number of piperazine rings is 1. The summed E-state index contributed by atoms with van der Waals surface area (Å²) in [4.78, 5) is 5.06. The van der Waals surface area contributed by atoms with Crippen molar-refractivity contribution in [3.63, 3.8) is 0 Å². The zero-order valence-electron chi connectivity index (χ0n) is 9.13. The van der Waals surface area contributed by atoms with Crippen LogP contribution in [0.3, 0.4) is 0 Å². The average molecular weight is 183 g/mol. The van der Waals surface area contributed by atoms with Crippen LogP contribution < -0.4 is 0 Å². The molecule has 0 spiro atoms. The van der Waals surface area contributed by atoms with E-state index in [-0.39, 0.29) is 0 Å². The summed E-state index contributed by atoms with van der Waals surface area (Å²) in [7, 11) is 0. The maximum Gasteiger partial charge on any atom is 0.0113 e. The van der Waals surface area contributed by atoms with Crippen LogP contribution in [-0.2, 0) is 0 Å². The second-order valence-electron chi connectivity index (χ2n) is 3.85. The Bertz CT molecular complexity index is 124. The Balaban J connectivity index is 2.30. The maximum atomic E-state index is 3.93. The molecule has 0 unspecified atom stereocenters. The van der Waals surface area contributed by atoms with E-state index in [9.17, 15) is 0 Å². The molecule has 1 fully saturated rings. The highest BCUT2D eigenvalue weighted by atomic mass is 15.3. The van der Waals surface area contributed by atoms with E-state index in [1.165, 1.54) is 39.0 Å². The molecule has 1 saturated heterocycles. The Kier molecular flexibility index (Phi) is 4.74. The van der Waals surface area contributed by atoms with Crippen LogP contribution in [-0.4, -0.2) is 48.6 Å². The lowest BCUT2D eigenvalue weighted by atomic mass is 10.1. The van der Waals surface area contributed by atoms with Gasteiger partial charge in [0.05, 0.1) is 0 Å². The fourth-order valence-corrected chi connectivity index (χ4v) is 2.16. The molecule has 1 aliphatic heterocycles. The van der Waals surface area contributed by atoms with Crippen LogP contribution >= 0.6 is 0 Å². The number of hydrogen-bond donors (Lipinski definition) is 0. The molecular formula is C11H23N2. The first kappa shape index (κ1) is 11.0. The molecule has 77 valence electrons. The summed E-state index contributed by atoms with van der Waals surface area (Å²) >= 11 is 0. The van der Waals surface area contributed by atoms with Gasteiger partial charge in [-0.05, 0) is 26.3 Å². The summed E-state index contributed by atoms with van der Waals surface area (Å²) < 4.78 is 0. The van der Waals surface area contributed by atoms with Crippen molar-refractivity contribution in [2.24, 2.45) is 0 Å². The van der Waals surface area contributed by atoms with Crippen molar-refractivity contribution in [1.29, 1.82) is 0 Å². The van der Waals surface area contributed by atoms with E-state index in [1.807, 2.05) is 0 Å². The molecule has 0 amide bonds. The maximum absolute atomic E-state index is 3.93. The smallest absolute Gasteiger partial charge is 0.0113 e. The van der Waals surface area contributed by atoms with Gasteiger partial charge in [0.2, 0.25) is 0 Å². The second kappa shape index (κ2) is 5.61. The van der Waals surface area contributed by atoms with Crippen LogP contribution in [0.25, 0.3) is 0 Å². The predicted molar refractivity (Wildman–Crippen MR) is 57.7 cm³/mol. The van der Waals surface area contributed by atoms with E-state index in [1.54, 1.807) is 0 Å². The Morgan fingerprint density at radius 3 is 2.00 bits per heavy atom. The predicted octanol–water partition coefficient (Wildman–Crippen LogP) is 1.63. The zero-order valence-corrected chi connectivity index (χ0v) is 9.13. The van der Waals surface area contributed by atoms with Crippen LogP contribution in [0.2, 0.25) is 0 Å². The Morgan fingerprint density at radius 2 is 1.62 bits per heavy atom. The first-order valence-electron chi connectivity index (χ1n) is 5.57. The SMILES string of the molecule is [CH2]CN1CCN(C(CC)CC)CC1. The molecule has 0 atom stereocenters. The van der Waals surface area contributed by atoms with Crippen molar-refractivity contribution >= 4 is 0 Å². The molecule has 0 aromatic carbocycles. The molecule has 2 nitrogen and oxygen atoms in total. The summed E-state index contributed by atoms with van der Waals surface area (Å²) in [5, 5.41) is 0. The zero-order chi connectivity index (χ0) is 9.68. The molecule has 0 aliphatic carbocycles. The van der Waals surface area contributed by atoms with Crippen LogP contribution in [0.4, 0.5) is 0 Å². The van der Waals surface area contributed by atoms with Gasteiger partial charge in [-0.1, -0.05) is 13.8 Å². The summed E-state index contributed by atoms with van der Waals surface area (Å²) in [6.45, 7) is 14.4. The molecule has 1 heterocycles. The standard InChI is InChI=1S/C11H23N2/c1-4-11(5-2)13-9-7-12(6-3)8-10-13/h11H,3-10H2,1-2H3. The monoisotopic (exact) mass is 183 g/mol. The van der Waals surface area contributed by atoms with E-state index in [0.717, 1.165) is 12.6 Å². The fraction of sp³-hybridized carbons (Fsp3) is 0.909. The molecule has 0 saturated carbocycles. The highest BCUT2D eigenvalue weighted by Gasteiger charge is 2.20. The van der Waals surface area contributed by atoms with Gasteiger partial charge in [-0.25, -0.2) is 0 Å². The first-order chi connectivity index (χ1) is 6.31. The summed E-state index contributed by atoms with van der Waals surface area (Å²) in [6.07, 6.45) is 2.59. The first-order valence-corrected chi connectivity index (χ1v) is 5.57. The molecule has 1 radical (unpaired) electrons. The topological polar surface area (TPSA) is 6.48 Å². The van der Waals surface area contributed by atoms with Crippen LogP contribution in [0.1, 0.15) is 26.7 Å². The third kappa shape index (κ3) is 2.96. The van der Waals surface area contributed by atoms with Crippen molar-refractivity contribution in [1.82, 2.24) is 9.80 Å². The Morgan fingerprint density at radius 1 is 1.08 bits per heavy atom. The highest BCUT2D eigenvalue weighted by molar-refractivity contribution is 4.77. The number of hydrogen-bond acceptors (Lipinski definition) is 2. The lowest BCUT2D eigenvalue weighted by Gasteiger charge is -2.38. The van der Waals surface area contributed by atoms with Gasteiger partial charge in [-0.3, -0.25) is 4.90 Å². The van der Waals surface area contributed by atoms with Gasteiger partial charge in [-0.15, -0.1) is 0 Å². The van der Waals surface area contributed by atoms with Crippen LogP contribution in [0.15, 0.2) is 0 Å². The summed E-state index contributed by atoms with van der Waals surface area (Å²) in [5.74, 6) is 0. The van der Waals surface area contributed by atoms with Gasteiger partial charge in [0, 0.05) is 32.2 Å². The van der Waals surface area contributed by atoms with E-state index >= 15 is 0 Å². The van der Waals surface area contributed by atoms with E-state index in [2.05, 4.69) is 30.6 Å². The number of rotatable bonds is 4. The van der Waals surface area contributed by atoms with E-state index in [0.29, 0.717) is 0 Å². The van der Waals surface area contributed by atoms with E-state index < -0.39 is 0 Å². The largest absolute Gasteiger partial charge is 0.301 e. The third-order valence-electron chi connectivity index (χ3n) is 3.18. The lowest BCUT2D eigenvalue weighted by molar-refractivity contribution is 0.0985. The van der Waals surface area contributed by atoms with Gasteiger partial charge in [0.25, 0.3) is 0 Å². The lowest BCUT2D eigenvalue weighted by Crippen LogP contribution is -2.49. The van der Waals surface area contributed by atoms with Crippen molar-refractivity contribution in [2.45, 2.75) is 32.7 Å². The fourth-order valence-electron chi connectivity index (χ4n) is 2.16. The van der Waals surface area contributed by atoms with E-state index in [4.69, 9.17) is 0 Å². The molecule has 0 aromatic rings. The van der Waals surface area contributed by atoms with Crippen molar-refractivity contribution in [3.05, 3.63) is 6.92 Å². The molecular weight excluding hydrogens is 160 g/mol. The second-order valence-corrected chi connectivity index (χ2v) is 3.85. The molecule has 1 rings (SSSR count). The van der Waals surface area contributed by atoms with Gasteiger partial charge >= 0.3 is 0 Å². The van der Waals surface area contributed by atoms with Gasteiger partial charge in [-0.2, -0.15) is 0 Å². The van der Waals surface area contributed by atoms with Gasteiger partial charge < -0.3 is 4.90 Å². The molecule has 13 heavy (non-hydrogen) atoms. The molecule has 1 aliphatic rings. The minimum Gasteiger partial charge on any atom is -0.301 e. The Hall–Kier alpha value is -0.0800. The highest BCUT2D eigenvalue weighted by Crippen LogP contribution is 2.11. The third-order valence-corrected chi connectivity index (χ3v) is 3.18. The molecule has 0 aromatic heterocycles. The van der Waals surface area contributed by atoms with Crippen molar-refractivity contribution in [3.8, 4) is 0 Å². The minimum atomic E-state index is 0.812. The average Bonchev–Trinajstić information content (AvgIpc) is 2.21. The van der Waals surface area contributed by atoms with Crippen molar-refractivity contribution < 1.29 is 0 Å². The van der Waals surface area contributed by atoms with Crippen molar-refractivity contribution in [2.75, 3.05) is 32.7 Å². The molecule has 0 N–H and O–H groups in total. The van der Waals surface area contributed by atoms with Gasteiger partial charge in [0.15, 0.2) is 0 Å².